The van der Waals surface area contributed by atoms with Crippen molar-refractivity contribution >= 4 is 17.6 Å². The zero-order valence-corrected chi connectivity index (χ0v) is 9.85. The summed E-state index contributed by atoms with van der Waals surface area (Å²) in [7, 11) is 0. The number of carbonyl (C=O) groups is 2. The molecule has 0 bridgehead atoms. The molecule has 19 heavy (non-hydrogen) atoms. The fourth-order valence-corrected chi connectivity index (χ4v) is 1.55. The number of nitrogens with one attached hydrogen (secondary N) is 1. The number of carboxylic acid groups (broad SMARTS) is 1. The van der Waals surface area contributed by atoms with Crippen molar-refractivity contribution in [2.45, 2.75) is 13.0 Å². The van der Waals surface area contributed by atoms with Gasteiger partial charge in [0.25, 0.3) is 0 Å². The highest BCUT2D eigenvalue weighted by Crippen LogP contribution is 2.15. The van der Waals surface area contributed by atoms with Crippen LogP contribution in [-0.2, 0) is 22.6 Å². The first-order valence-electron chi connectivity index (χ1n) is 5.45. The monoisotopic (exact) mass is 261 g/mol. The molecule has 0 fully saturated rings. The molecule has 0 aliphatic rings. The van der Waals surface area contributed by atoms with E-state index in [-0.39, 0.29) is 18.9 Å². The van der Waals surface area contributed by atoms with Gasteiger partial charge < -0.3 is 10.4 Å². The number of anilines is 1. The van der Waals surface area contributed by atoms with Gasteiger partial charge in [0.2, 0.25) is 5.91 Å². The lowest BCUT2D eigenvalue weighted by molar-refractivity contribution is -0.136. The van der Waals surface area contributed by atoms with Crippen LogP contribution in [0.4, 0.5) is 5.69 Å². The summed E-state index contributed by atoms with van der Waals surface area (Å²) in [6, 6.07) is 6.74. The molecule has 0 atom stereocenters. The van der Waals surface area contributed by atoms with E-state index in [0.29, 0.717) is 11.3 Å². The van der Waals surface area contributed by atoms with Gasteiger partial charge in [-0.3, -0.25) is 9.59 Å². The molecule has 0 spiro atoms. The SMILES string of the molecule is O=C(O)Cc1ccccc1NC(=O)Cn1cnnn1. The first kappa shape index (κ1) is 12.7. The lowest BCUT2D eigenvalue weighted by Gasteiger charge is -2.09. The summed E-state index contributed by atoms with van der Waals surface area (Å²) in [5.74, 6) is -1.28. The number of hydrogen-bond donors (Lipinski definition) is 2. The zero-order chi connectivity index (χ0) is 13.7. The molecule has 2 N–H and O–H groups in total. The summed E-state index contributed by atoms with van der Waals surface area (Å²) < 4.78 is 1.27. The zero-order valence-electron chi connectivity index (χ0n) is 9.85. The Morgan fingerprint density at radius 3 is 2.79 bits per heavy atom. The topological polar surface area (TPSA) is 110 Å². The molecule has 0 radical (unpaired) electrons. The molecule has 8 nitrogen and oxygen atoms in total. The number of tetrazole rings is 1. The van der Waals surface area contributed by atoms with Gasteiger partial charge >= 0.3 is 5.97 Å². The summed E-state index contributed by atoms with van der Waals surface area (Å²) in [5, 5.41) is 21.8. The smallest absolute Gasteiger partial charge is 0.307 e. The maximum absolute atomic E-state index is 11.7. The maximum Gasteiger partial charge on any atom is 0.307 e. The molecular weight excluding hydrogens is 250 g/mol. The van der Waals surface area contributed by atoms with Crippen molar-refractivity contribution in [1.29, 1.82) is 0 Å². The summed E-state index contributed by atoms with van der Waals surface area (Å²) in [5.41, 5.74) is 1.02. The second-order valence-corrected chi connectivity index (χ2v) is 3.78. The number of rotatable bonds is 5. The summed E-state index contributed by atoms with van der Waals surface area (Å²) in [6.45, 7) is -0.0333. The Kier molecular flexibility index (Phi) is 3.81. The van der Waals surface area contributed by atoms with E-state index < -0.39 is 5.97 Å². The van der Waals surface area contributed by atoms with Crippen molar-refractivity contribution in [1.82, 2.24) is 20.2 Å². The average Bonchev–Trinajstić information content (AvgIpc) is 2.83. The third-order valence-corrected chi connectivity index (χ3v) is 2.33. The normalized spacial score (nSPS) is 10.1. The second-order valence-electron chi connectivity index (χ2n) is 3.78. The Hall–Kier alpha value is -2.77. The number of benzene rings is 1. The van der Waals surface area contributed by atoms with Crippen molar-refractivity contribution in [2.24, 2.45) is 0 Å². The third-order valence-electron chi connectivity index (χ3n) is 2.33. The predicted octanol–water partition coefficient (Wildman–Crippen LogP) is -0.0611. The molecule has 1 amide bonds. The molecule has 8 heteroatoms. The van der Waals surface area contributed by atoms with Gasteiger partial charge in [0, 0.05) is 5.69 Å². The molecule has 1 aromatic carbocycles. The van der Waals surface area contributed by atoms with Crippen LogP contribution in [-0.4, -0.2) is 37.2 Å². The van der Waals surface area contributed by atoms with Gasteiger partial charge in [-0.1, -0.05) is 18.2 Å². The summed E-state index contributed by atoms with van der Waals surface area (Å²) in [4.78, 5) is 22.5. The molecule has 0 aliphatic heterocycles. The van der Waals surface area contributed by atoms with Crippen LogP contribution in [0.3, 0.4) is 0 Å². The minimum atomic E-state index is -0.956. The van der Waals surface area contributed by atoms with Crippen LogP contribution in [0.5, 0.6) is 0 Å². The molecule has 2 aromatic rings. The Bertz CT molecular complexity index is 582. The first-order chi connectivity index (χ1) is 9.15. The van der Waals surface area contributed by atoms with Crippen LogP contribution >= 0.6 is 0 Å². The fourth-order valence-electron chi connectivity index (χ4n) is 1.55. The molecule has 0 aliphatic carbocycles. The number of aromatic nitrogens is 4. The molecule has 0 saturated carbocycles. The molecule has 1 aromatic heterocycles. The van der Waals surface area contributed by atoms with Gasteiger partial charge in [-0.15, -0.1) is 5.10 Å². The number of amides is 1. The van der Waals surface area contributed by atoms with E-state index in [1.165, 1.54) is 11.0 Å². The van der Waals surface area contributed by atoms with E-state index in [0.717, 1.165) is 0 Å². The van der Waals surface area contributed by atoms with Crippen molar-refractivity contribution in [3.63, 3.8) is 0 Å². The minimum absolute atomic E-state index is 0.0333. The highest BCUT2D eigenvalue weighted by Gasteiger charge is 2.10. The standard InChI is InChI=1S/C11H11N5O3/c17-10(6-16-7-12-14-15-16)13-9-4-2-1-3-8(9)5-11(18)19/h1-4,7H,5-6H2,(H,13,17)(H,18,19). The summed E-state index contributed by atoms with van der Waals surface area (Å²) in [6.07, 6.45) is 1.17. The Morgan fingerprint density at radius 2 is 2.11 bits per heavy atom. The van der Waals surface area contributed by atoms with Crippen molar-refractivity contribution in [3.05, 3.63) is 36.2 Å². The van der Waals surface area contributed by atoms with Crippen molar-refractivity contribution in [3.8, 4) is 0 Å². The van der Waals surface area contributed by atoms with E-state index in [9.17, 15) is 9.59 Å². The van der Waals surface area contributed by atoms with E-state index in [2.05, 4.69) is 20.8 Å². The van der Waals surface area contributed by atoms with Gasteiger partial charge in [0.1, 0.15) is 12.9 Å². The highest BCUT2D eigenvalue weighted by molar-refractivity contribution is 5.92. The number of hydrogen-bond acceptors (Lipinski definition) is 5. The Balaban J connectivity index is 2.06. The summed E-state index contributed by atoms with van der Waals surface area (Å²) >= 11 is 0. The lowest BCUT2D eigenvalue weighted by Crippen LogP contribution is -2.20. The van der Waals surface area contributed by atoms with Gasteiger partial charge in [-0.2, -0.15) is 0 Å². The molecule has 2 rings (SSSR count). The third kappa shape index (κ3) is 3.60. The lowest BCUT2D eigenvalue weighted by atomic mass is 10.1. The number of carboxylic acids is 1. The van der Waals surface area contributed by atoms with Crippen LogP contribution in [0.25, 0.3) is 0 Å². The van der Waals surface area contributed by atoms with E-state index in [1.807, 2.05) is 0 Å². The molecule has 1 heterocycles. The number of carbonyl (C=O) groups excluding carboxylic acids is 1. The Labute approximate surface area is 108 Å². The van der Waals surface area contributed by atoms with Gasteiger partial charge in [0.15, 0.2) is 0 Å². The van der Waals surface area contributed by atoms with E-state index >= 15 is 0 Å². The second kappa shape index (κ2) is 5.71. The molecule has 98 valence electrons. The fraction of sp³-hybridized carbons (Fsp3) is 0.182. The Morgan fingerprint density at radius 1 is 1.32 bits per heavy atom. The van der Waals surface area contributed by atoms with Crippen molar-refractivity contribution < 1.29 is 14.7 Å². The quantitative estimate of drug-likeness (QED) is 0.780. The maximum atomic E-state index is 11.7. The first-order valence-corrected chi connectivity index (χ1v) is 5.45. The minimum Gasteiger partial charge on any atom is -0.481 e. The van der Waals surface area contributed by atoms with Crippen LogP contribution in [0.2, 0.25) is 0 Å². The van der Waals surface area contributed by atoms with E-state index in [1.54, 1.807) is 24.3 Å². The van der Waals surface area contributed by atoms with Crippen LogP contribution < -0.4 is 5.32 Å². The van der Waals surface area contributed by atoms with Gasteiger partial charge in [0.05, 0.1) is 6.42 Å². The van der Waals surface area contributed by atoms with Crippen molar-refractivity contribution in [2.75, 3.05) is 5.32 Å². The molecule has 0 saturated heterocycles. The molecule has 0 unspecified atom stereocenters. The van der Waals surface area contributed by atoms with Gasteiger partial charge in [-0.25, -0.2) is 4.68 Å². The van der Waals surface area contributed by atoms with Crippen LogP contribution in [0.1, 0.15) is 5.56 Å². The largest absolute Gasteiger partial charge is 0.481 e. The van der Waals surface area contributed by atoms with Gasteiger partial charge in [-0.05, 0) is 22.1 Å². The number of aliphatic carboxylic acids is 1. The number of para-hydroxylation sites is 1. The van der Waals surface area contributed by atoms with Crippen LogP contribution in [0.15, 0.2) is 30.6 Å². The highest BCUT2D eigenvalue weighted by atomic mass is 16.4. The average molecular weight is 261 g/mol. The predicted molar refractivity (Wildman–Crippen MR) is 64.2 cm³/mol. The van der Waals surface area contributed by atoms with Crippen LogP contribution in [0, 0.1) is 0 Å². The molecular formula is C11H11N5O3. The van der Waals surface area contributed by atoms with E-state index in [4.69, 9.17) is 5.11 Å². The number of nitrogens with zero attached hydrogens (tertiary/aromatic N) is 4.